The van der Waals surface area contributed by atoms with E-state index < -0.39 is 18.0 Å². The van der Waals surface area contributed by atoms with Crippen LogP contribution in [0.25, 0.3) is 0 Å². The summed E-state index contributed by atoms with van der Waals surface area (Å²) in [4.78, 5) is 29.7. The molecule has 0 saturated heterocycles. The minimum Gasteiger partial charge on any atom is -0.480 e. The van der Waals surface area contributed by atoms with Gasteiger partial charge in [0, 0.05) is 25.4 Å². The van der Waals surface area contributed by atoms with E-state index in [1.807, 2.05) is 13.8 Å². The Hall–Kier alpha value is -2.09. The molecule has 4 N–H and O–H groups in total. The maximum absolute atomic E-state index is 11.9. The average Bonchev–Trinajstić information content (AvgIpc) is 2.90. The number of H-pyrrole nitrogens is 1. The van der Waals surface area contributed by atoms with Crippen molar-refractivity contribution < 1.29 is 19.4 Å². The zero-order valence-corrected chi connectivity index (χ0v) is 12.4. The van der Waals surface area contributed by atoms with E-state index in [2.05, 4.69) is 20.6 Å². The van der Waals surface area contributed by atoms with E-state index >= 15 is 0 Å². The van der Waals surface area contributed by atoms with Crippen LogP contribution in [0, 0.1) is 5.92 Å². The number of aromatic nitrogens is 2. The Balaban J connectivity index is 2.57. The van der Waals surface area contributed by atoms with Crippen molar-refractivity contribution in [2.75, 3.05) is 13.7 Å². The van der Waals surface area contributed by atoms with Crippen molar-refractivity contribution in [1.29, 1.82) is 0 Å². The number of hydrogen-bond acceptors (Lipinski definition) is 4. The van der Waals surface area contributed by atoms with Crippen molar-refractivity contribution in [3.8, 4) is 0 Å². The molecule has 1 heterocycles. The fourth-order valence-electron chi connectivity index (χ4n) is 1.76. The van der Waals surface area contributed by atoms with Gasteiger partial charge in [-0.3, -0.25) is 0 Å². The SMILES string of the molecule is COCC(NC(=O)N[C@H](Cc1cnc[nH]1)C(=O)O)C(C)C. The lowest BCUT2D eigenvalue weighted by Crippen LogP contribution is -2.52. The molecule has 1 aromatic heterocycles. The van der Waals surface area contributed by atoms with Crippen LogP contribution in [-0.2, 0) is 16.0 Å². The van der Waals surface area contributed by atoms with Gasteiger partial charge in [-0.15, -0.1) is 0 Å². The lowest BCUT2D eigenvalue weighted by atomic mass is 10.1. The smallest absolute Gasteiger partial charge is 0.326 e. The molecule has 118 valence electrons. The van der Waals surface area contributed by atoms with Crippen LogP contribution in [0.15, 0.2) is 12.5 Å². The Morgan fingerprint density at radius 2 is 2.14 bits per heavy atom. The number of carbonyl (C=O) groups excluding carboxylic acids is 1. The zero-order chi connectivity index (χ0) is 15.8. The van der Waals surface area contributed by atoms with Gasteiger partial charge in [-0.1, -0.05) is 13.8 Å². The summed E-state index contributed by atoms with van der Waals surface area (Å²) in [6.45, 7) is 4.26. The number of aromatic amines is 1. The van der Waals surface area contributed by atoms with Crippen LogP contribution in [0.5, 0.6) is 0 Å². The Kier molecular flexibility index (Phi) is 6.67. The number of nitrogens with one attached hydrogen (secondary N) is 3. The maximum atomic E-state index is 11.9. The van der Waals surface area contributed by atoms with Gasteiger partial charge in [-0.05, 0) is 5.92 Å². The fourth-order valence-corrected chi connectivity index (χ4v) is 1.76. The molecule has 0 aliphatic rings. The molecule has 0 aromatic carbocycles. The van der Waals surface area contributed by atoms with E-state index in [9.17, 15) is 9.59 Å². The number of methoxy groups -OCH3 is 1. The Labute approximate surface area is 123 Å². The van der Waals surface area contributed by atoms with Gasteiger partial charge in [0.1, 0.15) is 6.04 Å². The minimum absolute atomic E-state index is 0.138. The van der Waals surface area contributed by atoms with Crippen molar-refractivity contribution in [1.82, 2.24) is 20.6 Å². The molecular weight excluding hydrogens is 276 g/mol. The second-order valence-electron chi connectivity index (χ2n) is 5.10. The Bertz CT molecular complexity index is 447. The first-order valence-corrected chi connectivity index (χ1v) is 6.70. The second kappa shape index (κ2) is 8.25. The second-order valence-corrected chi connectivity index (χ2v) is 5.10. The first kappa shape index (κ1) is 17.0. The largest absolute Gasteiger partial charge is 0.480 e. The molecule has 0 radical (unpaired) electrons. The standard InChI is InChI=1S/C13H22N4O4/c1-8(2)11(6-21-3)17-13(20)16-10(12(18)19)4-9-5-14-7-15-9/h5,7-8,10-11H,4,6H2,1-3H3,(H,14,15)(H,18,19)(H2,16,17,20)/t10-,11?/m1/s1. The summed E-state index contributed by atoms with van der Waals surface area (Å²) in [6, 6.07) is -1.74. The molecule has 2 amide bonds. The number of ether oxygens (including phenoxy) is 1. The van der Waals surface area contributed by atoms with Crippen molar-refractivity contribution in [2.24, 2.45) is 5.92 Å². The molecule has 2 atom stereocenters. The van der Waals surface area contributed by atoms with E-state index in [0.717, 1.165) is 0 Å². The van der Waals surface area contributed by atoms with Crippen LogP contribution in [0.4, 0.5) is 4.79 Å². The first-order chi connectivity index (χ1) is 9.93. The molecule has 8 nitrogen and oxygen atoms in total. The van der Waals surface area contributed by atoms with Crippen molar-refractivity contribution >= 4 is 12.0 Å². The molecule has 1 rings (SSSR count). The molecule has 1 unspecified atom stereocenters. The zero-order valence-electron chi connectivity index (χ0n) is 12.4. The third-order valence-corrected chi connectivity index (χ3v) is 3.05. The average molecular weight is 298 g/mol. The molecule has 0 bridgehead atoms. The van der Waals surface area contributed by atoms with Gasteiger partial charge in [-0.25, -0.2) is 14.6 Å². The quantitative estimate of drug-likeness (QED) is 0.553. The third-order valence-electron chi connectivity index (χ3n) is 3.05. The number of urea groups is 1. The number of nitrogens with zero attached hydrogens (tertiary/aromatic N) is 1. The Morgan fingerprint density at radius 1 is 1.43 bits per heavy atom. The van der Waals surface area contributed by atoms with E-state index in [1.165, 1.54) is 12.5 Å². The molecule has 1 aromatic rings. The summed E-state index contributed by atoms with van der Waals surface area (Å²) in [6.07, 6.45) is 3.12. The molecule has 0 saturated carbocycles. The van der Waals surface area contributed by atoms with Gasteiger partial charge in [0.25, 0.3) is 0 Å². The third kappa shape index (κ3) is 5.82. The number of carboxylic acid groups (broad SMARTS) is 1. The highest BCUT2D eigenvalue weighted by molar-refractivity contribution is 5.82. The predicted octanol–water partition coefficient (Wildman–Crippen LogP) is 0.376. The number of carbonyl (C=O) groups is 2. The molecule has 0 fully saturated rings. The van der Waals surface area contributed by atoms with Crippen LogP contribution < -0.4 is 10.6 Å². The van der Waals surface area contributed by atoms with Crippen LogP contribution in [-0.4, -0.2) is 52.9 Å². The molecule has 21 heavy (non-hydrogen) atoms. The number of imidazole rings is 1. The number of rotatable bonds is 8. The molecule has 8 heteroatoms. The Morgan fingerprint density at radius 3 is 2.62 bits per heavy atom. The predicted molar refractivity (Wildman–Crippen MR) is 75.9 cm³/mol. The first-order valence-electron chi connectivity index (χ1n) is 6.70. The minimum atomic E-state index is -1.10. The van der Waals surface area contributed by atoms with E-state index in [1.54, 1.807) is 7.11 Å². The van der Waals surface area contributed by atoms with Gasteiger partial charge in [0.15, 0.2) is 0 Å². The van der Waals surface area contributed by atoms with Gasteiger partial charge in [0.05, 0.1) is 19.0 Å². The normalized spacial score (nSPS) is 13.7. The van der Waals surface area contributed by atoms with E-state index in [-0.39, 0.29) is 18.4 Å². The van der Waals surface area contributed by atoms with Crippen LogP contribution in [0.2, 0.25) is 0 Å². The molecule has 0 aliphatic carbocycles. The summed E-state index contributed by atoms with van der Waals surface area (Å²) in [5, 5.41) is 14.3. The highest BCUT2D eigenvalue weighted by Crippen LogP contribution is 2.03. The fraction of sp³-hybridized carbons (Fsp3) is 0.615. The van der Waals surface area contributed by atoms with Gasteiger partial charge in [0.2, 0.25) is 0 Å². The lowest BCUT2D eigenvalue weighted by molar-refractivity contribution is -0.139. The highest BCUT2D eigenvalue weighted by atomic mass is 16.5. The number of amides is 2. The molecule has 0 spiro atoms. The molecular formula is C13H22N4O4. The van der Waals surface area contributed by atoms with Crippen molar-refractivity contribution in [2.45, 2.75) is 32.4 Å². The monoisotopic (exact) mass is 298 g/mol. The summed E-state index contributed by atoms with van der Waals surface area (Å²) < 4.78 is 5.03. The van der Waals surface area contributed by atoms with Gasteiger partial charge >= 0.3 is 12.0 Å². The topological polar surface area (TPSA) is 116 Å². The molecule has 0 aliphatic heterocycles. The van der Waals surface area contributed by atoms with Crippen LogP contribution in [0.1, 0.15) is 19.5 Å². The summed E-state index contributed by atoms with van der Waals surface area (Å²) in [5.74, 6) is -0.931. The lowest BCUT2D eigenvalue weighted by Gasteiger charge is -2.23. The number of aliphatic carboxylic acids is 1. The van der Waals surface area contributed by atoms with Gasteiger partial charge in [-0.2, -0.15) is 0 Å². The van der Waals surface area contributed by atoms with Crippen molar-refractivity contribution in [3.63, 3.8) is 0 Å². The van der Waals surface area contributed by atoms with Gasteiger partial charge < -0.3 is 25.5 Å². The van der Waals surface area contributed by atoms with Crippen LogP contribution >= 0.6 is 0 Å². The summed E-state index contributed by atoms with van der Waals surface area (Å²) in [7, 11) is 1.55. The van der Waals surface area contributed by atoms with E-state index in [0.29, 0.717) is 12.3 Å². The summed E-state index contributed by atoms with van der Waals surface area (Å²) >= 11 is 0. The van der Waals surface area contributed by atoms with Crippen molar-refractivity contribution in [3.05, 3.63) is 18.2 Å². The summed E-state index contributed by atoms with van der Waals surface area (Å²) in [5.41, 5.74) is 0.639. The van der Waals surface area contributed by atoms with E-state index in [4.69, 9.17) is 9.84 Å². The highest BCUT2D eigenvalue weighted by Gasteiger charge is 2.23. The number of carboxylic acids is 1. The number of hydrogen-bond donors (Lipinski definition) is 4. The maximum Gasteiger partial charge on any atom is 0.326 e. The van der Waals surface area contributed by atoms with Crippen LogP contribution in [0.3, 0.4) is 0 Å².